The lowest BCUT2D eigenvalue weighted by Gasteiger charge is -2.54. The van der Waals surface area contributed by atoms with Gasteiger partial charge in [-0.3, -0.25) is 0 Å². The van der Waals surface area contributed by atoms with Crippen LogP contribution in [-0.2, 0) is 0 Å². The van der Waals surface area contributed by atoms with Crippen molar-refractivity contribution in [2.75, 3.05) is 0 Å². The van der Waals surface area contributed by atoms with Crippen LogP contribution in [0.5, 0.6) is 0 Å². The van der Waals surface area contributed by atoms with E-state index in [-0.39, 0.29) is 30.3 Å². The standard InChI is InChI=1S/C24H38F2O/c1-4-24(25,26)14-15(2)21-9-10-22-20-7-5-16-13-17(27)6-8-18(16)19(20)11-12-23(21,22)3/h5,15,17-22,27H,4,6-14H2,1-3H3/t15?,17-,18-,19?,20?,21+,22?,23+/m0/s1. The van der Waals surface area contributed by atoms with Crippen LogP contribution in [0.1, 0.15) is 85.0 Å². The van der Waals surface area contributed by atoms with E-state index in [1.807, 2.05) is 0 Å². The van der Waals surface area contributed by atoms with Crippen LogP contribution in [-0.4, -0.2) is 17.1 Å². The van der Waals surface area contributed by atoms with Crippen molar-refractivity contribution >= 4 is 0 Å². The first-order valence-corrected chi connectivity index (χ1v) is 11.5. The minimum atomic E-state index is -2.50. The molecule has 4 aliphatic rings. The first-order valence-electron chi connectivity index (χ1n) is 11.5. The van der Waals surface area contributed by atoms with Gasteiger partial charge in [-0.1, -0.05) is 32.4 Å². The van der Waals surface area contributed by atoms with E-state index in [9.17, 15) is 13.9 Å². The zero-order chi connectivity index (χ0) is 19.4. The van der Waals surface area contributed by atoms with Crippen LogP contribution < -0.4 is 0 Å². The molecule has 0 amide bonds. The van der Waals surface area contributed by atoms with E-state index in [0.29, 0.717) is 17.8 Å². The molecule has 3 heteroatoms. The van der Waals surface area contributed by atoms with E-state index in [1.54, 1.807) is 6.92 Å². The Hall–Kier alpha value is -0.440. The van der Waals surface area contributed by atoms with Gasteiger partial charge in [-0.2, -0.15) is 0 Å². The van der Waals surface area contributed by atoms with Gasteiger partial charge in [0.05, 0.1) is 6.10 Å². The summed E-state index contributed by atoms with van der Waals surface area (Å²) in [5.41, 5.74) is 1.79. The van der Waals surface area contributed by atoms with Crippen LogP contribution in [0, 0.1) is 40.9 Å². The van der Waals surface area contributed by atoms with Gasteiger partial charge in [0, 0.05) is 12.8 Å². The van der Waals surface area contributed by atoms with E-state index in [0.717, 1.165) is 43.9 Å². The Morgan fingerprint density at radius 2 is 1.96 bits per heavy atom. The number of hydrogen-bond donors (Lipinski definition) is 1. The van der Waals surface area contributed by atoms with Crippen LogP contribution in [0.25, 0.3) is 0 Å². The molecular weight excluding hydrogens is 342 g/mol. The van der Waals surface area contributed by atoms with Gasteiger partial charge >= 0.3 is 0 Å². The molecule has 1 N–H and O–H groups in total. The van der Waals surface area contributed by atoms with Gasteiger partial charge in [-0.05, 0) is 92.3 Å². The highest BCUT2D eigenvalue weighted by Gasteiger charge is 2.57. The van der Waals surface area contributed by atoms with Gasteiger partial charge in [-0.15, -0.1) is 0 Å². The van der Waals surface area contributed by atoms with Crippen LogP contribution in [0.15, 0.2) is 11.6 Å². The number of halogens is 2. The molecule has 0 aromatic carbocycles. The van der Waals surface area contributed by atoms with E-state index >= 15 is 0 Å². The van der Waals surface area contributed by atoms with Crippen LogP contribution >= 0.6 is 0 Å². The number of fused-ring (bicyclic) bond motifs is 5. The number of aliphatic hydroxyl groups is 1. The highest BCUT2D eigenvalue weighted by atomic mass is 19.3. The largest absolute Gasteiger partial charge is 0.393 e. The maximum absolute atomic E-state index is 14.1. The maximum atomic E-state index is 14.1. The van der Waals surface area contributed by atoms with Gasteiger partial charge in [0.15, 0.2) is 0 Å². The topological polar surface area (TPSA) is 20.2 Å². The Morgan fingerprint density at radius 1 is 1.19 bits per heavy atom. The van der Waals surface area contributed by atoms with Gasteiger partial charge in [0.1, 0.15) is 0 Å². The Bertz CT molecular complexity index is 585. The molecule has 0 heterocycles. The zero-order valence-electron chi connectivity index (χ0n) is 17.4. The number of aliphatic hydroxyl groups excluding tert-OH is 1. The van der Waals surface area contributed by atoms with Gasteiger partial charge in [-0.25, -0.2) is 8.78 Å². The molecular formula is C24H38F2O. The lowest BCUT2D eigenvalue weighted by atomic mass is 9.51. The van der Waals surface area contributed by atoms with E-state index in [4.69, 9.17) is 0 Å². The number of rotatable bonds is 4. The highest BCUT2D eigenvalue weighted by Crippen LogP contribution is 2.65. The first-order chi connectivity index (χ1) is 12.7. The summed E-state index contributed by atoms with van der Waals surface area (Å²) in [6.07, 6.45) is 11.4. The molecule has 3 fully saturated rings. The first kappa shape index (κ1) is 19.9. The van der Waals surface area contributed by atoms with Crippen LogP contribution in [0.4, 0.5) is 8.78 Å². The third-order valence-corrected chi connectivity index (χ3v) is 9.32. The molecule has 0 saturated heterocycles. The van der Waals surface area contributed by atoms with E-state index < -0.39 is 5.92 Å². The van der Waals surface area contributed by atoms with Crippen molar-refractivity contribution in [2.24, 2.45) is 40.9 Å². The van der Waals surface area contributed by atoms with Gasteiger partial charge in [0.25, 0.3) is 0 Å². The molecule has 154 valence electrons. The molecule has 4 rings (SSSR count). The molecule has 4 aliphatic carbocycles. The lowest BCUT2D eigenvalue weighted by Crippen LogP contribution is -2.47. The summed E-state index contributed by atoms with van der Waals surface area (Å²) in [5.74, 6) is 1.00. The normalized spacial score (nSPS) is 45.5. The second-order valence-electron chi connectivity index (χ2n) is 10.6. The summed E-state index contributed by atoms with van der Waals surface area (Å²) in [6.45, 7) is 6.15. The monoisotopic (exact) mass is 380 g/mol. The van der Waals surface area contributed by atoms with E-state index in [2.05, 4.69) is 19.9 Å². The second kappa shape index (κ2) is 7.11. The fraction of sp³-hybridized carbons (Fsp3) is 0.917. The quantitative estimate of drug-likeness (QED) is 0.544. The van der Waals surface area contributed by atoms with Crippen molar-refractivity contribution in [1.82, 2.24) is 0 Å². The van der Waals surface area contributed by atoms with Crippen LogP contribution in [0.3, 0.4) is 0 Å². The number of allylic oxidation sites excluding steroid dienone is 1. The summed E-state index contributed by atoms with van der Waals surface area (Å²) < 4.78 is 28.1. The SMILES string of the molecule is CCC(F)(F)CC(C)[C@H]1CCC2C3CC=C4C[C@@H](O)CC[C@@H]4C3CC[C@@]21C. The number of hydrogen-bond acceptors (Lipinski definition) is 1. The second-order valence-corrected chi connectivity index (χ2v) is 10.6. The fourth-order valence-electron chi connectivity index (χ4n) is 7.98. The molecule has 3 saturated carbocycles. The molecule has 0 aliphatic heterocycles. The van der Waals surface area contributed by atoms with Crippen molar-refractivity contribution in [3.63, 3.8) is 0 Å². The van der Waals surface area contributed by atoms with Crippen molar-refractivity contribution in [3.8, 4) is 0 Å². The molecule has 0 radical (unpaired) electrons. The average molecular weight is 381 g/mol. The molecule has 0 spiro atoms. The fourth-order valence-corrected chi connectivity index (χ4v) is 7.98. The number of alkyl halides is 2. The molecule has 4 unspecified atom stereocenters. The lowest BCUT2D eigenvalue weighted by molar-refractivity contribution is -0.0611. The van der Waals surface area contributed by atoms with Gasteiger partial charge < -0.3 is 5.11 Å². The molecule has 27 heavy (non-hydrogen) atoms. The zero-order valence-corrected chi connectivity index (χ0v) is 17.4. The average Bonchev–Trinajstić information content (AvgIpc) is 2.98. The summed E-state index contributed by atoms with van der Waals surface area (Å²) in [5, 5.41) is 10.0. The van der Waals surface area contributed by atoms with Gasteiger partial charge in [0.2, 0.25) is 5.92 Å². The molecule has 0 bridgehead atoms. The smallest absolute Gasteiger partial charge is 0.248 e. The summed E-state index contributed by atoms with van der Waals surface area (Å²) in [7, 11) is 0. The van der Waals surface area contributed by atoms with E-state index in [1.165, 1.54) is 24.8 Å². The Labute approximate surface area is 164 Å². The minimum absolute atomic E-state index is 0.0317. The molecule has 0 aromatic heterocycles. The summed E-state index contributed by atoms with van der Waals surface area (Å²) >= 11 is 0. The Morgan fingerprint density at radius 3 is 2.70 bits per heavy atom. The highest BCUT2D eigenvalue weighted by molar-refractivity contribution is 5.20. The third-order valence-electron chi connectivity index (χ3n) is 9.32. The molecule has 8 atom stereocenters. The van der Waals surface area contributed by atoms with Crippen molar-refractivity contribution in [2.45, 2.75) is 97.0 Å². The Kier molecular flexibility index (Phi) is 5.23. The minimum Gasteiger partial charge on any atom is -0.393 e. The third kappa shape index (κ3) is 3.40. The molecule has 0 aromatic rings. The molecule has 1 nitrogen and oxygen atoms in total. The summed E-state index contributed by atoms with van der Waals surface area (Å²) in [4.78, 5) is 0. The predicted molar refractivity (Wildman–Crippen MR) is 106 cm³/mol. The predicted octanol–water partition coefficient (Wildman–Crippen LogP) is 6.61. The van der Waals surface area contributed by atoms with Crippen molar-refractivity contribution < 1.29 is 13.9 Å². The maximum Gasteiger partial charge on any atom is 0.248 e. The van der Waals surface area contributed by atoms with Crippen molar-refractivity contribution in [3.05, 3.63) is 11.6 Å². The Balaban J connectivity index is 1.51. The summed E-state index contributed by atoms with van der Waals surface area (Å²) in [6, 6.07) is 0. The van der Waals surface area contributed by atoms with Crippen molar-refractivity contribution in [1.29, 1.82) is 0 Å². The van der Waals surface area contributed by atoms with Crippen LogP contribution in [0.2, 0.25) is 0 Å².